The lowest BCUT2D eigenvalue weighted by molar-refractivity contribution is -0.121. The van der Waals surface area contributed by atoms with Crippen molar-refractivity contribution in [2.45, 2.75) is 19.8 Å². The van der Waals surface area contributed by atoms with Gasteiger partial charge in [-0.05, 0) is 55.4 Å². The molecule has 26 heavy (non-hydrogen) atoms. The Bertz CT molecular complexity index is 748. The van der Waals surface area contributed by atoms with Crippen LogP contribution in [-0.2, 0) is 16.0 Å². The first-order chi connectivity index (χ1) is 12.6. The molecule has 6 nitrogen and oxygen atoms in total. The van der Waals surface area contributed by atoms with Crippen LogP contribution in [0.2, 0.25) is 0 Å². The number of amides is 1. The Labute approximate surface area is 157 Å². The minimum atomic E-state index is -0.370. The van der Waals surface area contributed by atoms with Crippen LogP contribution in [0.25, 0.3) is 0 Å². The molecule has 0 saturated heterocycles. The summed E-state index contributed by atoms with van der Waals surface area (Å²) >= 11 is 5.13. The van der Waals surface area contributed by atoms with Crippen molar-refractivity contribution in [2.75, 3.05) is 11.9 Å². The molecule has 0 atom stereocenters. The van der Waals surface area contributed by atoms with Crippen LogP contribution in [0, 0.1) is 0 Å². The Morgan fingerprint density at radius 1 is 1.00 bits per heavy atom. The molecule has 3 N–H and O–H groups in total. The smallest absolute Gasteiger partial charge is 0.338 e. The zero-order chi connectivity index (χ0) is 18.8. The van der Waals surface area contributed by atoms with E-state index in [-0.39, 0.29) is 17.0 Å². The third-order valence-corrected chi connectivity index (χ3v) is 3.66. The first kappa shape index (κ1) is 19.4. The number of hydrogen-bond donors (Lipinski definition) is 3. The van der Waals surface area contributed by atoms with Gasteiger partial charge in [0.1, 0.15) is 0 Å². The fourth-order valence-corrected chi connectivity index (χ4v) is 2.33. The summed E-state index contributed by atoms with van der Waals surface area (Å²) in [5.41, 5.74) is 7.46. The third kappa shape index (κ3) is 6.52. The van der Waals surface area contributed by atoms with E-state index in [0.717, 1.165) is 5.56 Å². The van der Waals surface area contributed by atoms with Crippen LogP contribution in [0.3, 0.4) is 0 Å². The average Bonchev–Trinajstić information content (AvgIpc) is 2.66. The molecule has 0 aromatic heterocycles. The van der Waals surface area contributed by atoms with Crippen molar-refractivity contribution < 1.29 is 14.3 Å². The lowest BCUT2D eigenvalue weighted by Crippen LogP contribution is -2.43. The molecule has 0 aliphatic rings. The van der Waals surface area contributed by atoms with Crippen molar-refractivity contribution in [3.05, 3.63) is 65.7 Å². The monoisotopic (exact) mass is 371 g/mol. The number of hydrogen-bond acceptors (Lipinski definition) is 4. The van der Waals surface area contributed by atoms with E-state index in [9.17, 15) is 9.59 Å². The normalized spacial score (nSPS) is 9.88. The van der Waals surface area contributed by atoms with E-state index < -0.39 is 0 Å². The molecule has 0 unspecified atom stereocenters. The summed E-state index contributed by atoms with van der Waals surface area (Å²) in [7, 11) is 0. The summed E-state index contributed by atoms with van der Waals surface area (Å²) in [6.07, 6.45) is 1.01. The number of thiocarbonyl (C=S) groups is 1. The Morgan fingerprint density at radius 2 is 1.69 bits per heavy atom. The molecule has 0 aliphatic heterocycles. The van der Waals surface area contributed by atoms with Gasteiger partial charge in [-0.3, -0.25) is 15.6 Å². The number of esters is 1. The summed E-state index contributed by atoms with van der Waals surface area (Å²) < 4.78 is 4.92. The number of nitrogens with one attached hydrogen (secondary N) is 3. The molecular formula is C19H21N3O3S. The van der Waals surface area contributed by atoms with Crippen molar-refractivity contribution in [1.29, 1.82) is 0 Å². The largest absolute Gasteiger partial charge is 0.462 e. The maximum absolute atomic E-state index is 11.8. The number of hydrazine groups is 1. The number of carbonyl (C=O) groups is 2. The second-order valence-electron chi connectivity index (χ2n) is 5.41. The fraction of sp³-hybridized carbons (Fsp3) is 0.211. The highest BCUT2D eigenvalue weighted by Crippen LogP contribution is 2.10. The predicted octanol–water partition coefficient (Wildman–Crippen LogP) is 2.81. The topological polar surface area (TPSA) is 79.5 Å². The summed E-state index contributed by atoms with van der Waals surface area (Å²) in [6, 6.07) is 16.5. The van der Waals surface area contributed by atoms with Gasteiger partial charge in [0.25, 0.3) is 0 Å². The zero-order valence-corrected chi connectivity index (χ0v) is 15.3. The molecule has 0 spiro atoms. The standard InChI is InChI=1S/C19H21N3O3S/c1-2-25-18(24)15-9-11-16(12-10-15)20-19(26)22-21-17(23)13-8-14-6-4-3-5-7-14/h3-7,9-12H,2,8,13H2,1H3,(H,21,23)(H2,20,22,26). The van der Waals surface area contributed by atoms with Crippen LogP contribution < -0.4 is 16.2 Å². The molecule has 0 radical (unpaired) electrons. The molecule has 0 heterocycles. The number of carbonyl (C=O) groups excluding carboxylic acids is 2. The highest BCUT2D eigenvalue weighted by Gasteiger charge is 2.07. The van der Waals surface area contributed by atoms with Crippen LogP contribution in [0.15, 0.2) is 54.6 Å². The molecule has 2 aromatic carbocycles. The molecule has 2 rings (SSSR count). The fourth-order valence-electron chi connectivity index (χ4n) is 2.16. The summed E-state index contributed by atoms with van der Waals surface area (Å²) in [5.74, 6) is -0.527. The zero-order valence-electron chi connectivity index (χ0n) is 14.5. The highest BCUT2D eigenvalue weighted by molar-refractivity contribution is 7.80. The third-order valence-electron chi connectivity index (χ3n) is 3.45. The number of rotatable bonds is 6. The van der Waals surface area contributed by atoms with Gasteiger partial charge in [0.15, 0.2) is 5.11 Å². The van der Waals surface area contributed by atoms with Gasteiger partial charge >= 0.3 is 5.97 Å². The summed E-state index contributed by atoms with van der Waals surface area (Å²) in [5, 5.41) is 3.17. The van der Waals surface area contributed by atoms with Crippen LogP contribution in [0.4, 0.5) is 5.69 Å². The van der Waals surface area contributed by atoms with E-state index in [1.807, 2.05) is 30.3 Å². The molecule has 1 amide bonds. The lowest BCUT2D eigenvalue weighted by atomic mass is 10.1. The van der Waals surface area contributed by atoms with Crippen molar-refractivity contribution in [1.82, 2.24) is 10.9 Å². The van der Waals surface area contributed by atoms with Gasteiger partial charge < -0.3 is 10.1 Å². The molecule has 0 saturated carbocycles. The van der Waals surface area contributed by atoms with Gasteiger partial charge in [0, 0.05) is 12.1 Å². The van der Waals surface area contributed by atoms with Crippen molar-refractivity contribution >= 4 is 34.9 Å². The minimum absolute atomic E-state index is 0.157. The Hall–Kier alpha value is -2.93. The first-order valence-corrected chi connectivity index (χ1v) is 8.66. The highest BCUT2D eigenvalue weighted by atomic mass is 32.1. The van der Waals surface area contributed by atoms with Gasteiger partial charge in [-0.25, -0.2) is 4.79 Å². The van der Waals surface area contributed by atoms with Crippen molar-refractivity contribution in [3.8, 4) is 0 Å². The van der Waals surface area contributed by atoms with Gasteiger partial charge in [0.05, 0.1) is 12.2 Å². The van der Waals surface area contributed by atoms with Crippen LogP contribution >= 0.6 is 12.2 Å². The second-order valence-corrected chi connectivity index (χ2v) is 5.82. The van der Waals surface area contributed by atoms with E-state index in [4.69, 9.17) is 17.0 Å². The maximum Gasteiger partial charge on any atom is 0.338 e. The van der Waals surface area contributed by atoms with E-state index in [0.29, 0.717) is 30.7 Å². The molecule has 2 aromatic rings. The van der Waals surface area contributed by atoms with E-state index >= 15 is 0 Å². The minimum Gasteiger partial charge on any atom is -0.462 e. The van der Waals surface area contributed by atoms with E-state index in [2.05, 4.69) is 16.2 Å². The molecule has 0 fully saturated rings. The lowest BCUT2D eigenvalue weighted by Gasteiger charge is -2.12. The summed E-state index contributed by atoms with van der Waals surface area (Å²) in [4.78, 5) is 23.4. The molecular weight excluding hydrogens is 350 g/mol. The molecule has 0 aliphatic carbocycles. The number of aryl methyl sites for hydroxylation is 1. The van der Waals surface area contributed by atoms with Gasteiger partial charge in [-0.1, -0.05) is 30.3 Å². The quantitative estimate of drug-likeness (QED) is 0.412. The van der Waals surface area contributed by atoms with Crippen LogP contribution in [0.5, 0.6) is 0 Å². The van der Waals surface area contributed by atoms with Crippen LogP contribution in [0.1, 0.15) is 29.3 Å². The molecule has 0 bridgehead atoms. The molecule has 136 valence electrons. The maximum atomic E-state index is 11.8. The van der Waals surface area contributed by atoms with E-state index in [1.165, 1.54) is 0 Å². The average molecular weight is 371 g/mol. The van der Waals surface area contributed by atoms with Gasteiger partial charge in [0.2, 0.25) is 5.91 Å². The first-order valence-electron chi connectivity index (χ1n) is 8.25. The molecule has 7 heteroatoms. The number of ether oxygens (including phenoxy) is 1. The second kappa shape index (κ2) is 10.1. The Morgan fingerprint density at radius 3 is 2.35 bits per heavy atom. The van der Waals surface area contributed by atoms with Crippen molar-refractivity contribution in [2.24, 2.45) is 0 Å². The SMILES string of the molecule is CCOC(=O)c1ccc(NC(=S)NNC(=O)CCc2ccccc2)cc1. The Balaban J connectivity index is 1.72. The van der Waals surface area contributed by atoms with Crippen molar-refractivity contribution in [3.63, 3.8) is 0 Å². The Kier molecular flexibility index (Phi) is 7.57. The van der Waals surface area contributed by atoms with Gasteiger partial charge in [-0.2, -0.15) is 0 Å². The predicted molar refractivity (Wildman–Crippen MR) is 105 cm³/mol. The summed E-state index contributed by atoms with van der Waals surface area (Å²) in [6.45, 7) is 2.09. The van der Waals surface area contributed by atoms with E-state index in [1.54, 1.807) is 31.2 Å². The number of anilines is 1. The van der Waals surface area contributed by atoms with Crippen LogP contribution in [-0.4, -0.2) is 23.6 Å². The van der Waals surface area contributed by atoms with Gasteiger partial charge in [-0.15, -0.1) is 0 Å². The number of benzene rings is 2.